The van der Waals surface area contributed by atoms with Gasteiger partial charge in [-0.3, -0.25) is 4.79 Å². The van der Waals surface area contributed by atoms with Crippen molar-refractivity contribution in [1.29, 1.82) is 0 Å². The Bertz CT molecular complexity index is 1150. The zero-order chi connectivity index (χ0) is 21.9. The molecular formula is C20H16ClF3N2O4. The highest BCUT2D eigenvalue weighted by Gasteiger charge is 2.31. The minimum Gasteiger partial charge on any atom is -0.493 e. The fraction of sp³-hybridized carbons (Fsp3) is 0.200. The second-order valence-corrected chi connectivity index (χ2v) is 6.70. The fourth-order valence-electron chi connectivity index (χ4n) is 2.76. The van der Waals surface area contributed by atoms with Crippen LogP contribution in [0.5, 0.6) is 5.75 Å². The minimum atomic E-state index is -4.59. The Labute approximate surface area is 173 Å². The maximum atomic E-state index is 13.2. The van der Waals surface area contributed by atoms with Crippen LogP contribution in [-0.2, 0) is 6.18 Å². The standard InChI is InChI=1S/C20H16ClF3N2O4/c21-14-4-1-3-12-15(27)10-17(30-18(12)14)13-6-5-11(20(22,23)24)9-16(13)29-8-2-7-26-19(25)28/h1,3-6,9-10H,2,7-8H2,(H3,25,26,28). The monoisotopic (exact) mass is 440 g/mol. The van der Waals surface area contributed by atoms with Crippen LogP contribution < -0.4 is 21.2 Å². The van der Waals surface area contributed by atoms with Gasteiger partial charge in [0.05, 0.1) is 28.1 Å². The number of nitrogens with one attached hydrogen (secondary N) is 1. The molecule has 3 N–H and O–H groups in total. The lowest BCUT2D eigenvalue weighted by molar-refractivity contribution is -0.137. The summed E-state index contributed by atoms with van der Waals surface area (Å²) >= 11 is 6.10. The summed E-state index contributed by atoms with van der Waals surface area (Å²) in [7, 11) is 0. The lowest BCUT2D eigenvalue weighted by Gasteiger charge is -2.15. The highest BCUT2D eigenvalue weighted by molar-refractivity contribution is 6.34. The highest BCUT2D eigenvalue weighted by atomic mass is 35.5. The number of halogens is 4. The minimum absolute atomic E-state index is 0.00679. The van der Waals surface area contributed by atoms with Crippen molar-refractivity contribution in [3.63, 3.8) is 0 Å². The first-order valence-corrected chi connectivity index (χ1v) is 9.14. The molecule has 0 radical (unpaired) electrons. The van der Waals surface area contributed by atoms with Crippen LogP contribution in [0.1, 0.15) is 12.0 Å². The number of hydrogen-bond donors (Lipinski definition) is 2. The summed E-state index contributed by atoms with van der Waals surface area (Å²) in [6.45, 7) is 0.178. The number of ether oxygens (including phenoxy) is 1. The molecule has 0 saturated heterocycles. The topological polar surface area (TPSA) is 94.6 Å². The molecule has 0 spiro atoms. The van der Waals surface area contributed by atoms with Gasteiger partial charge in [-0.1, -0.05) is 17.7 Å². The van der Waals surface area contributed by atoms with Crippen molar-refractivity contribution in [2.45, 2.75) is 12.6 Å². The number of alkyl halides is 3. The van der Waals surface area contributed by atoms with E-state index in [-0.39, 0.29) is 46.2 Å². The molecule has 0 unspecified atom stereocenters. The SMILES string of the molecule is NC(=O)NCCCOc1cc(C(F)(F)F)ccc1-c1cc(=O)c2cccc(Cl)c2o1. The van der Waals surface area contributed by atoms with Crippen molar-refractivity contribution in [3.05, 3.63) is 63.3 Å². The number of fused-ring (bicyclic) bond motifs is 1. The zero-order valence-corrected chi connectivity index (χ0v) is 16.1. The second kappa shape index (κ2) is 8.66. The lowest BCUT2D eigenvalue weighted by atomic mass is 10.1. The van der Waals surface area contributed by atoms with E-state index in [9.17, 15) is 22.8 Å². The average molecular weight is 441 g/mol. The molecule has 6 nitrogen and oxygen atoms in total. The van der Waals surface area contributed by atoms with Gasteiger partial charge in [-0.15, -0.1) is 0 Å². The van der Waals surface area contributed by atoms with E-state index in [2.05, 4.69) is 5.32 Å². The number of primary amides is 1. The molecule has 0 atom stereocenters. The Morgan fingerprint density at radius 1 is 1.20 bits per heavy atom. The maximum Gasteiger partial charge on any atom is 0.416 e. The van der Waals surface area contributed by atoms with Crippen LogP contribution in [0.15, 0.2) is 51.7 Å². The van der Waals surface area contributed by atoms with Crippen LogP contribution in [0.3, 0.4) is 0 Å². The predicted molar refractivity (Wildman–Crippen MR) is 106 cm³/mol. The molecule has 0 aliphatic heterocycles. The maximum absolute atomic E-state index is 13.2. The first-order valence-electron chi connectivity index (χ1n) is 8.77. The molecule has 0 aliphatic rings. The number of carbonyl (C=O) groups excluding carboxylic acids is 1. The average Bonchev–Trinajstić information content (AvgIpc) is 2.67. The van der Waals surface area contributed by atoms with Crippen LogP contribution in [0.2, 0.25) is 5.02 Å². The van der Waals surface area contributed by atoms with Crippen molar-refractivity contribution >= 4 is 28.6 Å². The Morgan fingerprint density at radius 2 is 1.97 bits per heavy atom. The molecular weight excluding hydrogens is 425 g/mol. The lowest BCUT2D eigenvalue weighted by Crippen LogP contribution is -2.30. The Hall–Kier alpha value is -3.20. The van der Waals surface area contributed by atoms with Crippen molar-refractivity contribution in [2.24, 2.45) is 5.73 Å². The third-order valence-electron chi connectivity index (χ3n) is 4.16. The van der Waals surface area contributed by atoms with Crippen LogP contribution in [0.4, 0.5) is 18.0 Å². The van der Waals surface area contributed by atoms with Crippen molar-refractivity contribution < 1.29 is 27.1 Å². The van der Waals surface area contributed by atoms with E-state index in [1.54, 1.807) is 6.07 Å². The molecule has 3 aromatic rings. The molecule has 30 heavy (non-hydrogen) atoms. The van der Waals surface area contributed by atoms with Crippen LogP contribution >= 0.6 is 11.6 Å². The van der Waals surface area contributed by atoms with Gasteiger partial charge >= 0.3 is 12.2 Å². The van der Waals surface area contributed by atoms with Gasteiger partial charge in [-0.25, -0.2) is 4.79 Å². The number of para-hydroxylation sites is 1. The summed E-state index contributed by atoms with van der Waals surface area (Å²) in [6.07, 6.45) is -4.29. The van der Waals surface area contributed by atoms with E-state index in [1.165, 1.54) is 24.3 Å². The normalized spacial score (nSPS) is 11.5. The quantitative estimate of drug-likeness (QED) is 0.549. The molecule has 1 heterocycles. The third kappa shape index (κ3) is 4.85. The first kappa shape index (κ1) is 21.5. The summed E-state index contributed by atoms with van der Waals surface area (Å²) < 4.78 is 50.7. The molecule has 0 saturated carbocycles. The summed E-state index contributed by atoms with van der Waals surface area (Å²) in [5.41, 5.74) is 3.92. The van der Waals surface area contributed by atoms with Gasteiger partial charge in [0, 0.05) is 12.6 Å². The van der Waals surface area contributed by atoms with E-state index in [1.807, 2.05) is 0 Å². The van der Waals surface area contributed by atoms with Gasteiger partial charge in [0.2, 0.25) is 0 Å². The van der Waals surface area contributed by atoms with E-state index in [0.717, 1.165) is 12.1 Å². The first-order chi connectivity index (χ1) is 14.2. The molecule has 0 fully saturated rings. The number of hydrogen-bond acceptors (Lipinski definition) is 4. The van der Waals surface area contributed by atoms with E-state index < -0.39 is 23.2 Å². The van der Waals surface area contributed by atoms with Gasteiger partial charge < -0.3 is 20.2 Å². The largest absolute Gasteiger partial charge is 0.493 e. The van der Waals surface area contributed by atoms with Gasteiger partial charge in [-0.2, -0.15) is 13.2 Å². The number of carbonyl (C=O) groups is 1. The molecule has 10 heteroatoms. The van der Waals surface area contributed by atoms with E-state index >= 15 is 0 Å². The van der Waals surface area contributed by atoms with E-state index in [0.29, 0.717) is 6.42 Å². The predicted octanol–water partition coefficient (Wildman–Crippen LogP) is 4.57. The molecule has 158 valence electrons. The number of amides is 2. The summed E-state index contributed by atoms with van der Waals surface area (Å²) in [4.78, 5) is 23.1. The van der Waals surface area contributed by atoms with Crippen molar-refractivity contribution in [3.8, 4) is 17.1 Å². The zero-order valence-electron chi connectivity index (χ0n) is 15.4. The number of benzene rings is 2. The second-order valence-electron chi connectivity index (χ2n) is 6.29. The molecule has 2 amide bonds. The molecule has 0 bridgehead atoms. The Balaban J connectivity index is 2.01. The van der Waals surface area contributed by atoms with Crippen LogP contribution in [-0.4, -0.2) is 19.2 Å². The van der Waals surface area contributed by atoms with Gasteiger partial charge in [-0.05, 0) is 36.8 Å². The Kier molecular flexibility index (Phi) is 6.21. The van der Waals surface area contributed by atoms with Gasteiger partial charge in [0.1, 0.15) is 11.5 Å². The summed E-state index contributed by atoms with van der Waals surface area (Å²) in [5.74, 6) is -0.113. The number of rotatable bonds is 6. The van der Waals surface area contributed by atoms with Gasteiger partial charge in [0.15, 0.2) is 11.0 Å². The number of nitrogens with two attached hydrogens (primary N) is 1. The highest BCUT2D eigenvalue weighted by Crippen LogP contribution is 2.38. The van der Waals surface area contributed by atoms with Crippen molar-refractivity contribution in [1.82, 2.24) is 5.32 Å². The molecule has 0 aliphatic carbocycles. The van der Waals surface area contributed by atoms with Crippen molar-refractivity contribution in [2.75, 3.05) is 13.2 Å². The summed E-state index contributed by atoms with van der Waals surface area (Å²) in [5, 5.41) is 2.79. The fourth-order valence-corrected chi connectivity index (χ4v) is 2.98. The summed E-state index contributed by atoms with van der Waals surface area (Å²) in [6, 6.07) is 7.97. The smallest absolute Gasteiger partial charge is 0.416 e. The number of urea groups is 1. The van der Waals surface area contributed by atoms with E-state index in [4.69, 9.17) is 26.5 Å². The van der Waals surface area contributed by atoms with Crippen LogP contribution in [0, 0.1) is 0 Å². The van der Waals surface area contributed by atoms with Crippen LogP contribution in [0.25, 0.3) is 22.3 Å². The Morgan fingerprint density at radius 3 is 2.67 bits per heavy atom. The van der Waals surface area contributed by atoms with Gasteiger partial charge in [0.25, 0.3) is 0 Å². The molecule has 3 rings (SSSR count). The molecule has 1 aromatic heterocycles. The molecule has 2 aromatic carbocycles. The third-order valence-corrected chi connectivity index (χ3v) is 4.46.